The van der Waals surface area contributed by atoms with Crippen LogP contribution in [0, 0.1) is 5.92 Å². The fourth-order valence-electron chi connectivity index (χ4n) is 2.97. The molecule has 0 radical (unpaired) electrons. The third-order valence-corrected chi connectivity index (χ3v) is 3.90. The van der Waals surface area contributed by atoms with Gasteiger partial charge in [0.25, 0.3) is 0 Å². The maximum Gasteiger partial charge on any atom is 0.0818 e. The molecule has 4 heteroatoms. The van der Waals surface area contributed by atoms with Gasteiger partial charge in [-0.2, -0.15) is 5.10 Å². The summed E-state index contributed by atoms with van der Waals surface area (Å²) in [6.45, 7) is 2.77. The van der Waals surface area contributed by atoms with Gasteiger partial charge in [-0.05, 0) is 31.7 Å². The number of hydrogen-bond donors (Lipinski definition) is 1. The predicted molar refractivity (Wildman–Crippen MR) is 72.1 cm³/mol. The van der Waals surface area contributed by atoms with Gasteiger partial charge in [0.2, 0.25) is 0 Å². The van der Waals surface area contributed by atoms with Gasteiger partial charge in [0.1, 0.15) is 0 Å². The van der Waals surface area contributed by atoms with Gasteiger partial charge < -0.3 is 10.5 Å². The van der Waals surface area contributed by atoms with Crippen molar-refractivity contribution in [2.75, 3.05) is 6.61 Å². The van der Waals surface area contributed by atoms with E-state index in [1.807, 2.05) is 26.2 Å². The Labute approximate surface area is 110 Å². The summed E-state index contributed by atoms with van der Waals surface area (Å²) in [5, 5.41) is 4.42. The number of rotatable bonds is 5. The first-order valence-corrected chi connectivity index (χ1v) is 7.09. The van der Waals surface area contributed by atoms with Gasteiger partial charge in [0, 0.05) is 19.9 Å². The van der Waals surface area contributed by atoms with Crippen molar-refractivity contribution in [2.24, 2.45) is 18.7 Å². The Balaban J connectivity index is 2.08. The molecule has 0 bridgehead atoms. The summed E-state index contributed by atoms with van der Waals surface area (Å²) in [5.41, 5.74) is 7.31. The van der Waals surface area contributed by atoms with E-state index in [4.69, 9.17) is 10.5 Å². The van der Waals surface area contributed by atoms with Gasteiger partial charge >= 0.3 is 0 Å². The topological polar surface area (TPSA) is 53.1 Å². The third-order valence-electron chi connectivity index (χ3n) is 3.90. The van der Waals surface area contributed by atoms with Crippen LogP contribution in [0.3, 0.4) is 0 Å². The minimum atomic E-state index is -0.103. The summed E-state index contributed by atoms with van der Waals surface area (Å²) in [7, 11) is 1.92. The molecule has 18 heavy (non-hydrogen) atoms. The van der Waals surface area contributed by atoms with E-state index in [0.717, 1.165) is 12.3 Å². The molecule has 0 aliphatic heterocycles. The molecule has 2 rings (SSSR count). The highest BCUT2D eigenvalue weighted by molar-refractivity contribution is 5.07. The molecule has 1 aliphatic rings. The number of aryl methyl sites for hydroxylation is 1. The summed E-state index contributed by atoms with van der Waals surface area (Å²) in [5.74, 6) is 0.593. The van der Waals surface area contributed by atoms with Crippen LogP contribution in [-0.2, 0) is 11.8 Å². The molecule has 0 saturated heterocycles. The molecule has 2 unspecified atom stereocenters. The van der Waals surface area contributed by atoms with Crippen molar-refractivity contribution in [1.29, 1.82) is 0 Å². The number of ether oxygens (including phenoxy) is 1. The molecule has 4 nitrogen and oxygen atoms in total. The van der Waals surface area contributed by atoms with Gasteiger partial charge in [0.15, 0.2) is 0 Å². The first kappa shape index (κ1) is 13.6. The maximum atomic E-state index is 6.37. The Hall–Kier alpha value is -0.870. The number of hydrogen-bond acceptors (Lipinski definition) is 3. The molecule has 0 amide bonds. The monoisotopic (exact) mass is 251 g/mol. The average molecular weight is 251 g/mol. The van der Waals surface area contributed by atoms with Crippen molar-refractivity contribution in [3.63, 3.8) is 0 Å². The Kier molecular flexibility index (Phi) is 4.78. The summed E-state index contributed by atoms with van der Waals surface area (Å²) in [6, 6.07) is 1.90. The predicted octanol–water partition coefficient (Wildman–Crippen LogP) is 2.41. The number of nitrogens with two attached hydrogens (primary N) is 1. The first-order valence-electron chi connectivity index (χ1n) is 7.09. The first-order chi connectivity index (χ1) is 8.72. The van der Waals surface area contributed by atoms with E-state index in [1.54, 1.807) is 4.68 Å². The fourth-order valence-corrected chi connectivity index (χ4v) is 2.97. The van der Waals surface area contributed by atoms with Crippen LogP contribution in [-0.4, -0.2) is 22.5 Å². The molecule has 1 heterocycles. The lowest BCUT2D eigenvalue weighted by molar-refractivity contribution is -0.0107. The molecule has 1 saturated carbocycles. The van der Waals surface area contributed by atoms with Crippen LogP contribution in [0.5, 0.6) is 0 Å². The van der Waals surface area contributed by atoms with Crippen LogP contribution in [0.15, 0.2) is 12.3 Å². The summed E-state index contributed by atoms with van der Waals surface area (Å²) >= 11 is 0. The van der Waals surface area contributed by atoms with Crippen LogP contribution in [0.2, 0.25) is 0 Å². The SMILES string of the molecule is CCOC(C1CCCCC1)C(N)c1ccn(C)n1. The third kappa shape index (κ3) is 3.12. The van der Waals surface area contributed by atoms with Crippen LogP contribution < -0.4 is 5.73 Å². The Morgan fingerprint density at radius 2 is 2.17 bits per heavy atom. The van der Waals surface area contributed by atoms with E-state index < -0.39 is 0 Å². The van der Waals surface area contributed by atoms with Crippen molar-refractivity contribution in [3.05, 3.63) is 18.0 Å². The fraction of sp³-hybridized carbons (Fsp3) is 0.786. The maximum absolute atomic E-state index is 6.37. The van der Waals surface area contributed by atoms with Crippen molar-refractivity contribution >= 4 is 0 Å². The van der Waals surface area contributed by atoms with Crippen molar-refractivity contribution in [3.8, 4) is 0 Å². The van der Waals surface area contributed by atoms with Crippen LogP contribution >= 0.6 is 0 Å². The van der Waals surface area contributed by atoms with Gasteiger partial charge in [-0.3, -0.25) is 4.68 Å². The standard InChI is InChI=1S/C14H25N3O/c1-3-18-14(11-7-5-4-6-8-11)13(15)12-9-10-17(2)16-12/h9-11,13-14H,3-8,15H2,1-2H3. The van der Waals surface area contributed by atoms with Gasteiger partial charge in [0.05, 0.1) is 17.8 Å². The summed E-state index contributed by atoms with van der Waals surface area (Å²) in [4.78, 5) is 0. The molecule has 1 aliphatic carbocycles. The second-order valence-electron chi connectivity index (χ2n) is 5.26. The lowest BCUT2D eigenvalue weighted by Crippen LogP contribution is -2.37. The second kappa shape index (κ2) is 6.34. The minimum Gasteiger partial charge on any atom is -0.376 e. The Bertz CT molecular complexity index is 358. The Morgan fingerprint density at radius 3 is 2.72 bits per heavy atom. The van der Waals surface area contributed by atoms with E-state index in [2.05, 4.69) is 5.10 Å². The normalized spacial score (nSPS) is 20.8. The highest BCUT2D eigenvalue weighted by atomic mass is 16.5. The van der Waals surface area contributed by atoms with Gasteiger partial charge in [-0.25, -0.2) is 0 Å². The van der Waals surface area contributed by atoms with Gasteiger partial charge in [-0.1, -0.05) is 19.3 Å². The highest BCUT2D eigenvalue weighted by Gasteiger charge is 2.31. The largest absolute Gasteiger partial charge is 0.376 e. The van der Waals surface area contributed by atoms with E-state index in [9.17, 15) is 0 Å². The zero-order valence-corrected chi connectivity index (χ0v) is 11.5. The molecule has 1 aromatic heterocycles. The minimum absolute atomic E-state index is 0.103. The quantitative estimate of drug-likeness (QED) is 0.874. The van der Waals surface area contributed by atoms with E-state index in [0.29, 0.717) is 5.92 Å². The average Bonchev–Trinajstić information content (AvgIpc) is 2.83. The van der Waals surface area contributed by atoms with E-state index >= 15 is 0 Å². The zero-order chi connectivity index (χ0) is 13.0. The highest BCUT2D eigenvalue weighted by Crippen LogP contribution is 2.32. The number of aromatic nitrogens is 2. The lowest BCUT2D eigenvalue weighted by Gasteiger charge is -2.33. The molecule has 0 spiro atoms. The van der Waals surface area contributed by atoms with Crippen molar-refractivity contribution in [1.82, 2.24) is 9.78 Å². The van der Waals surface area contributed by atoms with E-state index in [1.165, 1.54) is 32.1 Å². The number of nitrogens with zero attached hydrogens (tertiary/aromatic N) is 2. The molecular weight excluding hydrogens is 226 g/mol. The van der Waals surface area contributed by atoms with Crippen LogP contribution in [0.25, 0.3) is 0 Å². The van der Waals surface area contributed by atoms with Crippen molar-refractivity contribution < 1.29 is 4.74 Å². The molecule has 1 fully saturated rings. The second-order valence-corrected chi connectivity index (χ2v) is 5.26. The molecular formula is C14H25N3O. The summed E-state index contributed by atoms with van der Waals surface area (Å²) < 4.78 is 7.74. The Morgan fingerprint density at radius 1 is 1.44 bits per heavy atom. The molecule has 102 valence electrons. The smallest absolute Gasteiger partial charge is 0.0818 e. The van der Waals surface area contributed by atoms with Crippen LogP contribution in [0.1, 0.15) is 50.8 Å². The molecule has 2 atom stereocenters. The lowest BCUT2D eigenvalue weighted by atomic mass is 9.82. The molecule has 0 aromatic carbocycles. The summed E-state index contributed by atoms with van der Waals surface area (Å²) in [6.07, 6.45) is 8.51. The zero-order valence-electron chi connectivity index (χ0n) is 11.5. The molecule has 1 aromatic rings. The molecule has 2 N–H and O–H groups in total. The van der Waals surface area contributed by atoms with E-state index in [-0.39, 0.29) is 12.1 Å². The van der Waals surface area contributed by atoms with Gasteiger partial charge in [-0.15, -0.1) is 0 Å². The van der Waals surface area contributed by atoms with Crippen LogP contribution in [0.4, 0.5) is 0 Å². The van der Waals surface area contributed by atoms with Crippen molar-refractivity contribution in [2.45, 2.75) is 51.2 Å².